The van der Waals surface area contributed by atoms with Crippen LogP contribution in [0.4, 0.5) is 36.6 Å². The van der Waals surface area contributed by atoms with E-state index in [0.717, 1.165) is 27.9 Å². The number of amides is 2. The third-order valence-electron chi connectivity index (χ3n) is 6.12. The highest BCUT2D eigenvalue weighted by molar-refractivity contribution is 5.90. The van der Waals surface area contributed by atoms with Crippen LogP contribution in [0.15, 0.2) is 67.1 Å². The minimum atomic E-state index is -0.709. The summed E-state index contributed by atoms with van der Waals surface area (Å²) in [6.07, 6.45) is 3.57. The van der Waals surface area contributed by atoms with Crippen molar-refractivity contribution >= 4 is 29.0 Å². The first-order valence-electron chi connectivity index (χ1n) is 11.9. The lowest BCUT2D eigenvalue weighted by Gasteiger charge is -2.23. The summed E-state index contributed by atoms with van der Waals surface area (Å²) in [5, 5.41) is 10.3. The number of carbonyl (C=O) groups excluding carboxylic acids is 1. The second-order valence-electron chi connectivity index (χ2n) is 8.69. The molecule has 2 aromatic heterocycles. The van der Waals surface area contributed by atoms with Crippen LogP contribution in [0.3, 0.4) is 0 Å². The molecule has 2 amide bonds. The molecule has 0 radical (unpaired) electrons. The van der Waals surface area contributed by atoms with E-state index in [1.54, 1.807) is 25.4 Å². The van der Waals surface area contributed by atoms with Crippen molar-refractivity contribution in [1.29, 1.82) is 0 Å². The number of nitrogens with zero attached hydrogens (tertiary/aromatic N) is 4. The Bertz CT molecular complexity index is 1460. The molecule has 5 rings (SSSR count). The third kappa shape index (κ3) is 5.37. The van der Waals surface area contributed by atoms with Gasteiger partial charge >= 0.3 is 6.03 Å². The van der Waals surface area contributed by atoms with Crippen molar-refractivity contribution in [3.8, 4) is 11.3 Å². The largest absolute Gasteiger partial charge is 0.373 e. The minimum Gasteiger partial charge on any atom is -0.373 e. The molecule has 0 aliphatic carbocycles. The molecule has 2 aromatic carbocycles. The number of hydrogen-bond acceptors (Lipinski definition) is 7. The monoisotopic (exact) mass is 517 g/mol. The number of benzene rings is 2. The van der Waals surface area contributed by atoms with Crippen molar-refractivity contribution in [1.82, 2.24) is 20.0 Å². The van der Waals surface area contributed by atoms with Crippen LogP contribution in [0, 0.1) is 18.6 Å². The Morgan fingerprint density at radius 3 is 2.66 bits per heavy atom. The van der Waals surface area contributed by atoms with Gasteiger partial charge in [-0.2, -0.15) is 5.06 Å². The van der Waals surface area contributed by atoms with Crippen molar-refractivity contribution in [3.63, 3.8) is 0 Å². The lowest BCUT2D eigenvalue weighted by Crippen LogP contribution is -2.33. The van der Waals surface area contributed by atoms with Crippen LogP contribution in [-0.4, -0.2) is 39.7 Å². The van der Waals surface area contributed by atoms with E-state index in [2.05, 4.69) is 30.9 Å². The molecule has 0 saturated carbocycles. The molecule has 11 heteroatoms. The number of urea groups is 1. The molecule has 38 heavy (non-hydrogen) atoms. The lowest BCUT2D eigenvalue weighted by molar-refractivity contribution is -0.0830. The van der Waals surface area contributed by atoms with Crippen LogP contribution < -0.4 is 16.0 Å². The second kappa shape index (κ2) is 10.8. The number of carbonyl (C=O) groups is 1. The number of pyridine rings is 1. The molecular weight excluding hydrogens is 492 g/mol. The van der Waals surface area contributed by atoms with E-state index < -0.39 is 23.7 Å². The van der Waals surface area contributed by atoms with Crippen molar-refractivity contribution in [2.24, 2.45) is 0 Å². The number of rotatable bonds is 6. The van der Waals surface area contributed by atoms with Gasteiger partial charge < -0.3 is 16.0 Å². The molecule has 1 fully saturated rings. The van der Waals surface area contributed by atoms with E-state index in [4.69, 9.17) is 4.84 Å². The zero-order valence-electron chi connectivity index (χ0n) is 20.7. The Hall–Kier alpha value is -4.64. The Morgan fingerprint density at radius 2 is 1.87 bits per heavy atom. The minimum absolute atomic E-state index is 0.248. The molecule has 3 heterocycles. The SMILES string of the molecule is CNc1cc(-c2cccnc2Nc2cc(NC(=O)N3OCC[C@@H]3c3cc(F)cc(F)c3)ccc2C)ncn1. The number of hydrogen-bond donors (Lipinski definition) is 3. The number of hydroxylamine groups is 2. The van der Waals surface area contributed by atoms with Gasteiger partial charge in [0, 0.05) is 48.7 Å². The molecule has 9 nitrogen and oxygen atoms in total. The van der Waals surface area contributed by atoms with Crippen LogP contribution in [0.1, 0.15) is 23.6 Å². The van der Waals surface area contributed by atoms with E-state index in [-0.39, 0.29) is 6.61 Å². The van der Waals surface area contributed by atoms with Gasteiger partial charge in [-0.1, -0.05) is 6.07 Å². The first-order chi connectivity index (χ1) is 18.4. The fourth-order valence-electron chi connectivity index (χ4n) is 4.23. The van der Waals surface area contributed by atoms with E-state index in [9.17, 15) is 13.6 Å². The van der Waals surface area contributed by atoms with E-state index in [1.807, 2.05) is 31.2 Å². The topological polar surface area (TPSA) is 104 Å². The van der Waals surface area contributed by atoms with E-state index in [0.29, 0.717) is 35.0 Å². The van der Waals surface area contributed by atoms with Gasteiger partial charge in [0.05, 0.1) is 18.3 Å². The van der Waals surface area contributed by atoms with E-state index in [1.165, 1.54) is 18.5 Å². The molecule has 0 bridgehead atoms. The first kappa shape index (κ1) is 25.0. The summed E-state index contributed by atoms with van der Waals surface area (Å²) in [5.74, 6) is -0.163. The molecule has 0 unspecified atom stereocenters. The highest BCUT2D eigenvalue weighted by atomic mass is 19.1. The third-order valence-corrected chi connectivity index (χ3v) is 6.12. The van der Waals surface area contributed by atoms with Gasteiger partial charge in [0.15, 0.2) is 0 Å². The lowest BCUT2D eigenvalue weighted by atomic mass is 10.0. The molecule has 1 aliphatic heterocycles. The molecule has 1 atom stereocenters. The van der Waals surface area contributed by atoms with Gasteiger partial charge in [0.2, 0.25) is 0 Å². The van der Waals surface area contributed by atoms with Crippen molar-refractivity contribution < 1.29 is 18.4 Å². The van der Waals surface area contributed by atoms with Crippen LogP contribution in [-0.2, 0) is 4.84 Å². The number of aromatic nitrogens is 3. The normalized spacial score (nSPS) is 14.8. The fourth-order valence-corrected chi connectivity index (χ4v) is 4.23. The number of nitrogens with one attached hydrogen (secondary N) is 3. The highest BCUT2D eigenvalue weighted by Gasteiger charge is 2.32. The first-order valence-corrected chi connectivity index (χ1v) is 11.9. The highest BCUT2D eigenvalue weighted by Crippen LogP contribution is 2.33. The van der Waals surface area contributed by atoms with E-state index >= 15 is 0 Å². The van der Waals surface area contributed by atoms with Crippen molar-refractivity contribution in [2.45, 2.75) is 19.4 Å². The maximum Gasteiger partial charge on any atom is 0.346 e. The second-order valence-corrected chi connectivity index (χ2v) is 8.69. The zero-order chi connectivity index (χ0) is 26.6. The molecule has 1 saturated heterocycles. The Morgan fingerprint density at radius 1 is 1.05 bits per heavy atom. The Kier molecular flexibility index (Phi) is 7.09. The quantitative estimate of drug-likeness (QED) is 0.296. The summed E-state index contributed by atoms with van der Waals surface area (Å²) in [6.45, 7) is 2.18. The fraction of sp³-hybridized carbons (Fsp3) is 0.185. The summed E-state index contributed by atoms with van der Waals surface area (Å²) in [5.41, 5.74) is 3.93. The van der Waals surface area contributed by atoms with Crippen LogP contribution in [0.25, 0.3) is 11.3 Å². The number of anilines is 4. The summed E-state index contributed by atoms with van der Waals surface area (Å²) >= 11 is 0. The predicted molar refractivity (Wildman–Crippen MR) is 140 cm³/mol. The van der Waals surface area contributed by atoms with Crippen LogP contribution in [0.2, 0.25) is 0 Å². The maximum atomic E-state index is 13.8. The molecule has 1 aliphatic rings. The standard InChI is InChI=1S/C27H25F2N7O2/c1-16-5-6-20(34-27(37)36-24(7-9-38-36)17-10-18(28)12-19(29)11-17)13-22(16)35-26-21(4-3-8-31-26)23-14-25(30-2)33-15-32-23/h3-6,8,10-15,24H,7,9H2,1-2H3,(H,31,35)(H,34,37)(H,30,32,33)/t24-/m1/s1. The smallest absolute Gasteiger partial charge is 0.346 e. The average Bonchev–Trinajstić information content (AvgIpc) is 3.41. The number of aryl methyl sites for hydroxylation is 1. The van der Waals surface area contributed by atoms with Gasteiger partial charge in [-0.15, -0.1) is 0 Å². The zero-order valence-corrected chi connectivity index (χ0v) is 20.7. The number of halogens is 2. The average molecular weight is 518 g/mol. The van der Waals surface area contributed by atoms with Gasteiger partial charge in [-0.05, 0) is 54.4 Å². The maximum absolute atomic E-state index is 13.8. The molecule has 4 aromatic rings. The summed E-state index contributed by atoms with van der Waals surface area (Å²) in [4.78, 5) is 31.6. The molecule has 194 valence electrons. The summed E-state index contributed by atoms with van der Waals surface area (Å²) in [7, 11) is 1.78. The molecule has 0 spiro atoms. The van der Waals surface area contributed by atoms with Gasteiger partial charge in [0.25, 0.3) is 0 Å². The predicted octanol–water partition coefficient (Wildman–Crippen LogP) is 5.82. The van der Waals surface area contributed by atoms with Crippen LogP contribution in [0.5, 0.6) is 0 Å². The summed E-state index contributed by atoms with van der Waals surface area (Å²) < 4.78 is 27.5. The Labute approximate surface area is 217 Å². The molecular formula is C27H25F2N7O2. The van der Waals surface area contributed by atoms with Crippen molar-refractivity contribution in [2.75, 3.05) is 29.6 Å². The summed E-state index contributed by atoms with van der Waals surface area (Å²) in [6, 6.07) is 13.0. The van der Waals surface area contributed by atoms with Gasteiger partial charge in [-0.25, -0.2) is 28.5 Å². The van der Waals surface area contributed by atoms with Gasteiger partial charge in [0.1, 0.15) is 29.6 Å². The molecule has 3 N–H and O–H groups in total. The van der Waals surface area contributed by atoms with Crippen molar-refractivity contribution in [3.05, 3.63) is 89.9 Å². The van der Waals surface area contributed by atoms with Crippen LogP contribution >= 0.6 is 0 Å². The Balaban J connectivity index is 1.36. The van der Waals surface area contributed by atoms with Gasteiger partial charge in [-0.3, -0.25) is 4.84 Å².